The van der Waals surface area contributed by atoms with Crippen molar-refractivity contribution in [2.45, 2.75) is 19.8 Å². The van der Waals surface area contributed by atoms with Gasteiger partial charge in [0.15, 0.2) is 0 Å². The van der Waals surface area contributed by atoms with Gasteiger partial charge in [-0.15, -0.1) is 0 Å². The summed E-state index contributed by atoms with van der Waals surface area (Å²) in [6, 6.07) is 12.3. The second-order valence-corrected chi connectivity index (χ2v) is 4.51. The number of hydrogen-bond donors (Lipinski definition) is 2. The maximum atomic E-state index is 13.7. The highest BCUT2D eigenvalue weighted by Gasteiger charge is 2.12. The predicted octanol–water partition coefficient (Wildman–Crippen LogP) is 3.76. The van der Waals surface area contributed by atoms with Crippen LogP contribution in [-0.4, -0.2) is 11.1 Å². The topological polar surface area (TPSA) is 49.3 Å². The van der Waals surface area contributed by atoms with Gasteiger partial charge in [-0.25, -0.2) is 4.39 Å². The van der Waals surface area contributed by atoms with Crippen LogP contribution in [0.5, 0.6) is 0 Å². The monoisotopic (exact) mass is 273 g/mol. The first-order chi connectivity index (χ1) is 9.60. The van der Waals surface area contributed by atoms with Crippen LogP contribution in [0.1, 0.15) is 18.1 Å². The zero-order valence-corrected chi connectivity index (χ0v) is 11.2. The average molecular weight is 273 g/mol. The molecule has 3 nitrogen and oxygen atoms in total. The van der Waals surface area contributed by atoms with Gasteiger partial charge >= 0.3 is 5.97 Å². The smallest absolute Gasteiger partial charge is 0.308 e. The van der Waals surface area contributed by atoms with Crippen molar-refractivity contribution in [2.24, 2.45) is 0 Å². The molecule has 4 heteroatoms. The van der Waals surface area contributed by atoms with Crippen molar-refractivity contribution in [1.82, 2.24) is 0 Å². The molecule has 0 spiro atoms. The van der Waals surface area contributed by atoms with Crippen LogP contribution in [0, 0.1) is 5.82 Å². The van der Waals surface area contributed by atoms with Gasteiger partial charge in [0, 0.05) is 16.9 Å². The van der Waals surface area contributed by atoms with E-state index in [1.54, 1.807) is 12.1 Å². The minimum absolute atomic E-state index is 0.166. The van der Waals surface area contributed by atoms with Gasteiger partial charge in [-0.2, -0.15) is 0 Å². The minimum Gasteiger partial charge on any atom is -0.481 e. The molecule has 0 aromatic heterocycles. The van der Waals surface area contributed by atoms with Crippen LogP contribution >= 0.6 is 0 Å². The lowest BCUT2D eigenvalue weighted by Gasteiger charge is -2.12. The normalized spacial score (nSPS) is 10.3. The largest absolute Gasteiger partial charge is 0.481 e. The first-order valence-corrected chi connectivity index (χ1v) is 6.45. The molecular weight excluding hydrogens is 257 g/mol. The Kier molecular flexibility index (Phi) is 4.35. The van der Waals surface area contributed by atoms with Gasteiger partial charge in [0.2, 0.25) is 0 Å². The number of carboxylic acids is 1. The standard InChI is InChI=1S/C16H16FNO2/c1-2-11-6-8-12(9-7-11)18-15-5-3-4-14(17)13(15)10-16(19)20/h3-9,18H,2,10H2,1H3,(H,19,20). The first kappa shape index (κ1) is 14.1. The number of hydrogen-bond acceptors (Lipinski definition) is 2. The number of nitrogens with one attached hydrogen (secondary N) is 1. The van der Waals surface area contributed by atoms with E-state index in [2.05, 4.69) is 12.2 Å². The summed E-state index contributed by atoms with van der Waals surface area (Å²) in [4.78, 5) is 10.8. The Morgan fingerprint density at radius 1 is 1.20 bits per heavy atom. The molecule has 0 saturated carbocycles. The molecule has 2 aromatic rings. The van der Waals surface area contributed by atoms with Gasteiger partial charge < -0.3 is 10.4 Å². The Hall–Kier alpha value is -2.36. The third-order valence-electron chi connectivity index (χ3n) is 3.09. The summed E-state index contributed by atoms with van der Waals surface area (Å²) < 4.78 is 13.7. The number of halogens is 1. The highest BCUT2D eigenvalue weighted by molar-refractivity contribution is 5.75. The summed E-state index contributed by atoms with van der Waals surface area (Å²) in [6.45, 7) is 2.07. The second-order valence-electron chi connectivity index (χ2n) is 4.51. The summed E-state index contributed by atoms with van der Waals surface area (Å²) >= 11 is 0. The Balaban J connectivity index is 2.27. The van der Waals surface area contributed by atoms with E-state index in [9.17, 15) is 9.18 Å². The van der Waals surface area contributed by atoms with E-state index < -0.39 is 11.8 Å². The minimum atomic E-state index is -1.06. The molecule has 104 valence electrons. The third kappa shape index (κ3) is 3.35. The maximum Gasteiger partial charge on any atom is 0.308 e. The van der Waals surface area contributed by atoms with Crippen molar-refractivity contribution in [3.8, 4) is 0 Å². The molecule has 0 bridgehead atoms. The number of aliphatic carboxylic acids is 1. The summed E-state index contributed by atoms with van der Waals surface area (Å²) in [6.07, 6.45) is 0.604. The molecule has 0 heterocycles. The van der Waals surface area contributed by atoms with E-state index in [1.807, 2.05) is 24.3 Å². The lowest BCUT2D eigenvalue weighted by atomic mass is 10.1. The highest BCUT2D eigenvalue weighted by Crippen LogP contribution is 2.24. The average Bonchev–Trinajstić information content (AvgIpc) is 2.43. The molecule has 0 fully saturated rings. The van der Waals surface area contributed by atoms with Crippen LogP contribution in [0.4, 0.5) is 15.8 Å². The molecule has 0 aliphatic rings. The summed E-state index contributed by atoms with van der Waals surface area (Å²) in [5.74, 6) is -1.57. The van der Waals surface area contributed by atoms with Crippen LogP contribution in [0.3, 0.4) is 0 Å². The molecule has 20 heavy (non-hydrogen) atoms. The van der Waals surface area contributed by atoms with E-state index >= 15 is 0 Å². The molecule has 2 rings (SSSR count). The molecule has 0 radical (unpaired) electrons. The lowest BCUT2D eigenvalue weighted by molar-refractivity contribution is -0.136. The SMILES string of the molecule is CCc1ccc(Nc2cccc(F)c2CC(=O)O)cc1. The van der Waals surface area contributed by atoms with Crippen molar-refractivity contribution in [3.05, 3.63) is 59.4 Å². The van der Waals surface area contributed by atoms with Gasteiger partial charge in [-0.1, -0.05) is 25.1 Å². The van der Waals surface area contributed by atoms with Crippen molar-refractivity contribution in [2.75, 3.05) is 5.32 Å². The van der Waals surface area contributed by atoms with E-state index in [1.165, 1.54) is 11.6 Å². The van der Waals surface area contributed by atoms with Crippen LogP contribution in [0.2, 0.25) is 0 Å². The number of carboxylic acid groups (broad SMARTS) is 1. The summed E-state index contributed by atoms with van der Waals surface area (Å²) in [5.41, 5.74) is 2.66. The van der Waals surface area contributed by atoms with Gasteiger partial charge in [-0.05, 0) is 36.2 Å². The molecule has 0 saturated heterocycles. The van der Waals surface area contributed by atoms with Gasteiger partial charge in [-0.3, -0.25) is 4.79 Å². The Morgan fingerprint density at radius 3 is 2.50 bits per heavy atom. The Labute approximate surface area is 117 Å². The molecule has 2 N–H and O–H groups in total. The van der Waals surface area contributed by atoms with Crippen molar-refractivity contribution < 1.29 is 14.3 Å². The molecule has 0 aliphatic carbocycles. The fourth-order valence-electron chi connectivity index (χ4n) is 1.99. The summed E-state index contributed by atoms with van der Waals surface area (Å²) in [7, 11) is 0. The molecule has 2 aromatic carbocycles. The molecule has 0 aliphatic heterocycles. The van der Waals surface area contributed by atoms with Crippen molar-refractivity contribution in [1.29, 1.82) is 0 Å². The number of carbonyl (C=O) groups is 1. The zero-order valence-electron chi connectivity index (χ0n) is 11.2. The van der Waals surface area contributed by atoms with Crippen LogP contribution in [-0.2, 0) is 17.6 Å². The third-order valence-corrected chi connectivity index (χ3v) is 3.09. The van der Waals surface area contributed by atoms with Gasteiger partial charge in [0.1, 0.15) is 5.82 Å². The van der Waals surface area contributed by atoms with Crippen molar-refractivity contribution >= 4 is 17.3 Å². The fourth-order valence-corrected chi connectivity index (χ4v) is 1.99. The fraction of sp³-hybridized carbons (Fsp3) is 0.188. The quantitative estimate of drug-likeness (QED) is 0.872. The number of anilines is 2. The molecule has 0 atom stereocenters. The van der Waals surface area contributed by atoms with Gasteiger partial charge in [0.25, 0.3) is 0 Å². The molecular formula is C16H16FNO2. The van der Waals surface area contributed by atoms with Crippen molar-refractivity contribution in [3.63, 3.8) is 0 Å². The zero-order chi connectivity index (χ0) is 14.5. The van der Waals surface area contributed by atoms with E-state index in [-0.39, 0.29) is 12.0 Å². The van der Waals surface area contributed by atoms with Crippen LogP contribution < -0.4 is 5.32 Å². The lowest BCUT2D eigenvalue weighted by Crippen LogP contribution is -2.06. The summed E-state index contributed by atoms with van der Waals surface area (Å²) in [5, 5.41) is 11.9. The molecule has 0 amide bonds. The number of aryl methyl sites for hydroxylation is 1. The highest BCUT2D eigenvalue weighted by atomic mass is 19.1. The van der Waals surface area contributed by atoms with Gasteiger partial charge in [0.05, 0.1) is 6.42 Å². The van der Waals surface area contributed by atoms with Crippen LogP contribution in [0.15, 0.2) is 42.5 Å². The van der Waals surface area contributed by atoms with E-state index in [0.717, 1.165) is 12.1 Å². The second kappa shape index (κ2) is 6.19. The Morgan fingerprint density at radius 2 is 1.90 bits per heavy atom. The molecule has 0 unspecified atom stereocenters. The van der Waals surface area contributed by atoms with E-state index in [4.69, 9.17) is 5.11 Å². The number of rotatable bonds is 5. The predicted molar refractivity (Wildman–Crippen MR) is 76.8 cm³/mol. The van der Waals surface area contributed by atoms with Crippen LogP contribution in [0.25, 0.3) is 0 Å². The first-order valence-electron chi connectivity index (χ1n) is 6.45. The Bertz CT molecular complexity index is 608. The maximum absolute atomic E-state index is 13.7. The van der Waals surface area contributed by atoms with E-state index in [0.29, 0.717) is 5.69 Å². The number of benzene rings is 2.